The highest BCUT2D eigenvalue weighted by Crippen LogP contribution is 2.40. The van der Waals surface area contributed by atoms with Gasteiger partial charge in [0.15, 0.2) is 5.76 Å². The van der Waals surface area contributed by atoms with Crippen LogP contribution in [0.15, 0.2) is 53.3 Å². The lowest BCUT2D eigenvalue weighted by atomic mass is 10.1. The third-order valence-corrected chi connectivity index (χ3v) is 6.12. The summed E-state index contributed by atoms with van der Waals surface area (Å²) in [5, 5.41) is 15.0. The molecule has 1 fully saturated rings. The molecule has 0 atom stereocenters. The van der Waals surface area contributed by atoms with Crippen LogP contribution in [0.1, 0.15) is 18.9 Å². The van der Waals surface area contributed by atoms with Crippen LogP contribution in [-0.4, -0.2) is 44.0 Å². The first-order chi connectivity index (χ1) is 15.0. The van der Waals surface area contributed by atoms with Crippen LogP contribution >= 0.6 is 11.6 Å². The summed E-state index contributed by atoms with van der Waals surface area (Å²) in [6.45, 7) is 1.01. The molecular weight excluding hydrogens is 418 g/mol. The molecule has 1 saturated heterocycles. The summed E-state index contributed by atoms with van der Waals surface area (Å²) in [6.07, 6.45) is 6.02. The number of anilines is 1. The Kier molecular flexibility index (Phi) is 4.78. The van der Waals surface area contributed by atoms with E-state index >= 15 is 0 Å². The number of nitrogens with zero attached hydrogens (tertiary/aromatic N) is 4. The topological polar surface area (TPSA) is 110 Å². The highest BCUT2D eigenvalue weighted by atomic mass is 35.5. The van der Waals surface area contributed by atoms with Gasteiger partial charge >= 0.3 is 6.09 Å². The molecule has 3 N–H and O–H groups in total. The lowest BCUT2D eigenvalue weighted by Crippen LogP contribution is -2.38. The van der Waals surface area contributed by atoms with Crippen molar-refractivity contribution >= 4 is 34.5 Å². The molecule has 0 radical (unpaired) electrons. The number of likely N-dealkylation sites (tertiary alicyclic amines) is 1. The molecule has 158 valence electrons. The third-order valence-electron chi connectivity index (χ3n) is 5.74. The van der Waals surface area contributed by atoms with Crippen LogP contribution in [0.25, 0.3) is 33.4 Å². The lowest BCUT2D eigenvalue weighted by molar-refractivity contribution is 0.124. The molecule has 0 unspecified atom stereocenters. The van der Waals surface area contributed by atoms with E-state index in [9.17, 15) is 4.79 Å². The zero-order valence-electron chi connectivity index (χ0n) is 16.5. The molecule has 0 saturated carbocycles. The number of benzene rings is 1. The molecule has 4 aromatic rings. The summed E-state index contributed by atoms with van der Waals surface area (Å²) < 4.78 is 7.86. The molecule has 0 bridgehead atoms. The van der Waals surface area contributed by atoms with Crippen LogP contribution in [0.3, 0.4) is 0 Å². The van der Waals surface area contributed by atoms with Gasteiger partial charge in [-0.15, -0.1) is 0 Å². The van der Waals surface area contributed by atoms with Gasteiger partial charge in [-0.1, -0.05) is 23.7 Å². The van der Waals surface area contributed by atoms with Crippen molar-refractivity contribution in [2.75, 3.05) is 18.8 Å². The van der Waals surface area contributed by atoms with E-state index in [-0.39, 0.29) is 6.04 Å². The van der Waals surface area contributed by atoms with E-state index < -0.39 is 6.09 Å². The first-order valence-corrected chi connectivity index (χ1v) is 10.3. The smallest absolute Gasteiger partial charge is 0.407 e. The fourth-order valence-electron chi connectivity index (χ4n) is 4.01. The van der Waals surface area contributed by atoms with Gasteiger partial charge in [-0.2, -0.15) is 5.10 Å². The molecule has 3 aromatic heterocycles. The number of furan rings is 1. The number of nitrogen functional groups attached to an aromatic ring is 1. The molecule has 1 amide bonds. The number of amides is 1. The Hall–Kier alpha value is -3.52. The summed E-state index contributed by atoms with van der Waals surface area (Å²) in [6, 6.07) is 9.62. The summed E-state index contributed by atoms with van der Waals surface area (Å²) in [5.41, 5.74) is 9.19. The number of rotatable bonds is 3. The van der Waals surface area contributed by atoms with Crippen LogP contribution in [0.5, 0.6) is 0 Å². The Bertz CT molecular complexity index is 1270. The molecule has 8 nitrogen and oxygen atoms in total. The highest BCUT2D eigenvalue weighted by Gasteiger charge is 2.24. The standard InChI is InChI=1S/C22H20ClN5O3/c23-19-16-3-1-2-4-18(16)31-20(19)17-9-13(10-25-21(17)24)14-11-26-28(12-14)15-5-7-27(8-6-15)22(29)30/h1-4,9-12,15H,5-8H2,(H2,24,25)(H,29,30). The number of pyridine rings is 1. The van der Waals surface area contributed by atoms with Gasteiger partial charge in [-0.25, -0.2) is 9.78 Å². The molecule has 1 aliphatic heterocycles. The van der Waals surface area contributed by atoms with Crippen LogP contribution in [0.2, 0.25) is 5.02 Å². The Morgan fingerprint density at radius 2 is 1.97 bits per heavy atom. The third kappa shape index (κ3) is 3.48. The number of para-hydroxylation sites is 1. The number of hydrogen-bond acceptors (Lipinski definition) is 5. The Morgan fingerprint density at radius 1 is 1.19 bits per heavy atom. The second-order valence-electron chi connectivity index (χ2n) is 7.61. The summed E-state index contributed by atoms with van der Waals surface area (Å²) in [4.78, 5) is 16.9. The number of fused-ring (bicyclic) bond motifs is 1. The fourth-order valence-corrected chi connectivity index (χ4v) is 4.31. The highest BCUT2D eigenvalue weighted by molar-refractivity contribution is 6.38. The van der Waals surface area contributed by atoms with Crippen molar-refractivity contribution in [1.82, 2.24) is 19.7 Å². The van der Waals surface area contributed by atoms with E-state index in [1.165, 1.54) is 4.90 Å². The number of hydrogen-bond donors (Lipinski definition) is 2. The van der Waals surface area contributed by atoms with Gasteiger partial charge in [0, 0.05) is 42.0 Å². The molecule has 9 heteroatoms. The average Bonchev–Trinajstić information content (AvgIpc) is 3.40. The number of carbonyl (C=O) groups is 1. The van der Waals surface area contributed by atoms with Crippen LogP contribution in [0, 0.1) is 0 Å². The summed E-state index contributed by atoms with van der Waals surface area (Å²) >= 11 is 6.56. The lowest BCUT2D eigenvalue weighted by Gasteiger charge is -2.30. The minimum atomic E-state index is -0.871. The van der Waals surface area contributed by atoms with Gasteiger partial charge in [0.25, 0.3) is 0 Å². The maximum absolute atomic E-state index is 11.1. The Morgan fingerprint density at radius 3 is 2.71 bits per heavy atom. The van der Waals surface area contributed by atoms with Crippen molar-refractivity contribution in [2.45, 2.75) is 18.9 Å². The van der Waals surface area contributed by atoms with Crippen LogP contribution in [-0.2, 0) is 0 Å². The van der Waals surface area contributed by atoms with Gasteiger partial charge in [-0.05, 0) is 31.0 Å². The number of nitrogens with two attached hydrogens (primary N) is 1. The van der Waals surface area contributed by atoms with Crippen molar-refractivity contribution in [2.24, 2.45) is 0 Å². The quantitative estimate of drug-likeness (QED) is 0.471. The zero-order chi connectivity index (χ0) is 21.5. The molecule has 1 aliphatic rings. The van der Waals surface area contributed by atoms with Gasteiger partial charge in [0.05, 0.1) is 22.8 Å². The largest absolute Gasteiger partial charge is 0.465 e. The maximum atomic E-state index is 11.1. The van der Waals surface area contributed by atoms with Gasteiger partial charge < -0.3 is 20.2 Å². The number of piperidine rings is 1. The predicted octanol–water partition coefficient (Wildman–Crippen LogP) is 4.91. The van der Waals surface area contributed by atoms with Crippen molar-refractivity contribution in [3.63, 3.8) is 0 Å². The van der Waals surface area contributed by atoms with E-state index in [0.717, 1.165) is 29.4 Å². The molecule has 4 heterocycles. The number of carboxylic acid groups (broad SMARTS) is 1. The first-order valence-electron chi connectivity index (χ1n) is 9.96. The summed E-state index contributed by atoms with van der Waals surface area (Å²) in [7, 11) is 0. The van der Waals surface area contributed by atoms with E-state index in [0.29, 0.717) is 40.8 Å². The molecule has 5 rings (SSSR count). The van der Waals surface area contributed by atoms with Gasteiger partial charge in [0.2, 0.25) is 0 Å². The Labute approximate surface area is 182 Å². The van der Waals surface area contributed by atoms with Gasteiger partial charge in [-0.3, -0.25) is 4.68 Å². The minimum absolute atomic E-state index is 0.162. The normalized spacial score (nSPS) is 14.9. The molecule has 1 aromatic carbocycles. The monoisotopic (exact) mass is 437 g/mol. The summed E-state index contributed by atoms with van der Waals surface area (Å²) in [5.74, 6) is 0.821. The molecule has 0 spiro atoms. The van der Waals surface area contributed by atoms with E-state index in [4.69, 9.17) is 26.9 Å². The second kappa shape index (κ2) is 7.63. The number of halogens is 1. The van der Waals surface area contributed by atoms with Crippen LogP contribution < -0.4 is 5.73 Å². The number of aromatic nitrogens is 3. The first kappa shape index (κ1) is 19.4. The zero-order valence-corrected chi connectivity index (χ0v) is 17.3. The van der Waals surface area contributed by atoms with Crippen molar-refractivity contribution < 1.29 is 14.3 Å². The average molecular weight is 438 g/mol. The fraction of sp³-hybridized carbons (Fsp3) is 0.227. The molecular formula is C22H20ClN5O3. The Balaban J connectivity index is 1.45. The second-order valence-corrected chi connectivity index (χ2v) is 7.99. The minimum Gasteiger partial charge on any atom is -0.465 e. The predicted molar refractivity (Wildman–Crippen MR) is 118 cm³/mol. The van der Waals surface area contributed by atoms with Crippen molar-refractivity contribution in [3.8, 4) is 22.5 Å². The molecule has 0 aliphatic carbocycles. The van der Waals surface area contributed by atoms with Crippen molar-refractivity contribution in [3.05, 3.63) is 53.9 Å². The maximum Gasteiger partial charge on any atom is 0.407 e. The SMILES string of the molecule is Nc1ncc(-c2cnn(C3CCN(C(=O)O)CC3)c2)cc1-c1oc2ccccc2c1Cl. The van der Waals surface area contributed by atoms with Crippen LogP contribution in [0.4, 0.5) is 10.6 Å². The van der Waals surface area contributed by atoms with Gasteiger partial charge in [0.1, 0.15) is 11.4 Å². The van der Waals surface area contributed by atoms with E-state index in [1.54, 1.807) is 12.4 Å². The molecule has 31 heavy (non-hydrogen) atoms. The van der Waals surface area contributed by atoms with E-state index in [1.807, 2.05) is 41.2 Å². The van der Waals surface area contributed by atoms with E-state index in [2.05, 4.69) is 10.1 Å². The van der Waals surface area contributed by atoms with Crippen molar-refractivity contribution in [1.29, 1.82) is 0 Å².